The normalized spacial score (nSPS) is 18.2. The van der Waals surface area contributed by atoms with Gasteiger partial charge < -0.3 is 14.2 Å². The van der Waals surface area contributed by atoms with Gasteiger partial charge in [0.2, 0.25) is 17.6 Å². The zero-order valence-electron chi connectivity index (χ0n) is 13.5. The van der Waals surface area contributed by atoms with Crippen LogP contribution in [0.5, 0.6) is 0 Å². The van der Waals surface area contributed by atoms with Gasteiger partial charge in [-0.2, -0.15) is 4.98 Å². The third kappa shape index (κ3) is 3.59. The van der Waals surface area contributed by atoms with Crippen molar-refractivity contribution in [1.29, 1.82) is 0 Å². The Hall–Kier alpha value is -2.21. The van der Waals surface area contributed by atoms with E-state index in [1.807, 2.05) is 36.1 Å². The molecule has 0 aliphatic carbocycles. The first-order valence-corrected chi connectivity index (χ1v) is 7.84. The fraction of sp³-hybridized carbons (Fsp3) is 0.471. The van der Waals surface area contributed by atoms with Crippen molar-refractivity contribution in [3.8, 4) is 11.4 Å². The highest BCUT2D eigenvalue weighted by molar-refractivity contribution is 5.77. The molecule has 0 radical (unpaired) electrons. The van der Waals surface area contributed by atoms with Crippen LogP contribution < -0.4 is 0 Å². The summed E-state index contributed by atoms with van der Waals surface area (Å²) in [5.41, 5.74) is 2.10. The number of hydrogen-bond donors (Lipinski definition) is 0. The largest absolute Gasteiger partial charge is 0.375 e. The Morgan fingerprint density at radius 3 is 3.13 bits per heavy atom. The number of nitrogens with zero attached hydrogens (tertiary/aromatic N) is 3. The van der Waals surface area contributed by atoms with Crippen molar-refractivity contribution < 1.29 is 14.1 Å². The van der Waals surface area contributed by atoms with Crippen LogP contribution in [0.15, 0.2) is 28.8 Å². The molecule has 1 amide bonds. The van der Waals surface area contributed by atoms with Gasteiger partial charge in [-0.15, -0.1) is 0 Å². The molecule has 6 nitrogen and oxygen atoms in total. The number of ether oxygens (including phenoxy) is 1. The third-order valence-electron chi connectivity index (χ3n) is 4.11. The maximum Gasteiger partial charge on any atom is 0.248 e. The molecule has 1 unspecified atom stereocenters. The number of hydrogen-bond acceptors (Lipinski definition) is 5. The van der Waals surface area contributed by atoms with Crippen LogP contribution in [0, 0.1) is 6.92 Å². The van der Waals surface area contributed by atoms with Crippen molar-refractivity contribution in [2.75, 3.05) is 26.8 Å². The van der Waals surface area contributed by atoms with E-state index in [4.69, 9.17) is 9.26 Å². The quantitative estimate of drug-likeness (QED) is 0.866. The summed E-state index contributed by atoms with van der Waals surface area (Å²) in [6, 6.07) is 8.01. The smallest absolute Gasteiger partial charge is 0.248 e. The first-order chi connectivity index (χ1) is 11.2. The van der Waals surface area contributed by atoms with E-state index in [-0.39, 0.29) is 18.4 Å². The van der Waals surface area contributed by atoms with Gasteiger partial charge in [-0.1, -0.05) is 28.9 Å². The molecule has 1 saturated heterocycles. The van der Waals surface area contributed by atoms with Crippen LogP contribution in [0.3, 0.4) is 0 Å². The molecule has 1 fully saturated rings. The van der Waals surface area contributed by atoms with Crippen molar-refractivity contribution in [2.45, 2.75) is 25.7 Å². The molecule has 6 heteroatoms. The van der Waals surface area contributed by atoms with Gasteiger partial charge in [0, 0.05) is 25.8 Å². The van der Waals surface area contributed by atoms with Crippen molar-refractivity contribution in [3.63, 3.8) is 0 Å². The number of carbonyl (C=O) groups excluding carboxylic acids is 1. The standard InChI is InChI=1S/C17H21N3O3/c1-12-5-3-6-13(9-12)16-18-17(23-19-16)14-7-4-8-20(10-14)15(21)11-22-2/h3,5-6,9,14H,4,7-8,10-11H2,1-2H3. The molecule has 3 rings (SSSR count). The molecule has 1 aromatic carbocycles. The zero-order valence-corrected chi connectivity index (χ0v) is 13.5. The van der Waals surface area contributed by atoms with Gasteiger partial charge >= 0.3 is 0 Å². The van der Waals surface area contributed by atoms with Gasteiger partial charge in [0.1, 0.15) is 6.61 Å². The third-order valence-corrected chi connectivity index (χ3v) is 4.11. The molecule has 2 heterocycles. The van der Waals surface area contributed by atoms with E-state index in [2.05, 4.69) is 10.1 Å². The molecule has 1 atom stereocenters. The van der Waals surface area contributed by atoms with E-state index in [0.717, 1.165) is 30.5 Å². The lowest BCUT2D eigenvalue weighted by atomic mass is 9.98. The molecule has 0 N–H and O–H groups in total. The Kier molecular flexibility index (Phi) is 4.71. The maximum atomic E-state index is 12.0. The predicted molar refractivity (Wildman–Crippen MR) is 84.9 cm³/mol. The Balaban J connectivity index is 1.73. The van der Waals surface area contributed by atoms with Crippen LogP contribution in [0.1, 0.15) is 30.2 Å². The first-order valence-electron chi connectivity index (χ1n) is 7.84. The van der Waals surface area contributed by atoms with E-state index >= 15 is 0 Å². The number of methoxy groups -OCH3 is 1. The molecule has 0 saturated carbocycles. The van der Waals surface area contributed by atoms with Gasteiger partial charge in [0.25, 0.3) is 0 Å². The van der Waals surface area contributed by atoms with E-state index in [0.29, 0.717) is 18.3 Å². The molecule has 122 valence electrons. The summed E-state index contributed by atoms with van der Waals surface area (Å²) in [6.45, 7) is 3.52. The fourth-order valence-electron chi connectivity index (χ4n) is 2.92. The minimum atomic E-state index is 0.00984. The fourth-order valence-corrected chi connectivity index (χ4v) is 2.92. The van der Waals surface area contributed by atoms with Crippen molar-refractivity contribution >= 4 is 5.91 Å². The van der Waals surface area contributed by atoms with Gasteiger partial charge in [-0.25, -0.2) is 0 Å². The maximum absolute atomic E-state index is 12.0. The Morgan fingerprint density at radius 2 is 2.35 bits per heavy atom. The summed E-state index contributed by atoms with van der Waals surface area (Å²) < 4.78 is 10.4. The summed E-state index contributed by atoms with van der Waals surface area (Å²) in [7, 11) is 1.53. The van der Waals surface area contributed by atoms with Crippen molar-refractivity contribution in [3.05, 3.63) is 35.7 Å². The van der Waals surface area contributed by atoms with Crippen LogP contribution >= 0.6 is 0 Å². The second-order valence-electron chi connectivity index (χ2n) is 5.94. The molecule has 1 aliphatic rings. The second kappa shape index (κ2) is 6.91. The van der Waals surface area contributed by atoms with Crippen molar-refractivity contribution in [2.24, 2.45) is 0 Å². The molecule has 0 bridgehead atoms. The SMILES string of the molecule is COCC(=O)N1CCCC(c2nc(-c3cccc(C)c3)no2)C1. The minimum Gasteiger partial charge on any atom is -0.375 e. The molecule has 1 aliphatic heterocycles. The molecule has 23 heavy (non-hydrogen) atoms. The monoisotopic (exact) mass is 315 g/mol. The van der Waals surface area contributed by atoms with E-state index in [1.54, 1.807) is 0 Å². The van der Waals surface area contributed by atoms with Crippen LogP contribution in [0.2, 0.25) is 0 Å². The number of amides is 1. The number of aryl methyl sites for hydroxylation is 1. The van der Waals surface area contributed by atoms with E-state index in [9.17, 15) is 4.79 Å². The lowest BCUT2D eigenvalue weighted by Gasteiger charge is -2.30. The van der Waals surface area contributed by atoms with Gasteiger partial charge in [-0.3, -0.25) is 4.79 Å². The van der Waals surface area contributed by atoms with Gasteiger partial charge in [-0.05, 0) is 25.8 Å². The van der Waals surface area contributed by atoms with Crippen LogP contribution in [0.4, 0.5) is 0 Å². The highest BCUT2D eigenvalue weighted by Gasteiger charge is 2.28. The number of piperidine rings is 1. The van der Waals surface area contributed by atoms with Crippen LogP contribution in [-0.4, -0.2) is 47.8 Å². The zero-order chi connectivity index (χ0) is 16.2. The van der Waals surface area contributed by atoms with E-state index < -0.39 is 0 Å². The lowest BCUT2D eigenvalue weighted by Crippen LogP contribution is -2.40. The number of carbonyl (C=O) groups is 1. The predicted octanol–water partition coefficient (Wildman–Crippen LogP) is 2.40. The van der Waals surface area contributed by atoms with Crippen molar-refractivity contribution in [1.82, 2.24) is 15.0 Å². The van der Waals surface area contributed by atoms with E-state index in [1.165, 1.54) is 7.11 Å². The topological polar surface area (TPSA) is 68.5 Å². The average molecular weight is 315 g/mol. The van der Waals surface area contributed by atoms with Crippen LogP contribution in [0.25, 0.3) is 11.4 Å². The summed E-state index contributed by atoms with van der Waals surface area (Å²) in [5, 5.41) is 4.09. The number of likely N-dealkylation sites (tertiary alicyclic amines) is 1. The Labute approximate surface area is 135 Å². The second-order valence-corrected chi connectivity index (χ2v) is 5.94. The summed E-state index contributed by atoms with van der Waals surface area (Å²) in [5.74, 6) is 1.31. The summed E-state index contributed by atoms with van der Waals surface area (Å²) in [4.78, 5) is 18.3. The Bertz CT molecular complexity index is 683. The number of aromatic nitrogens is 2. The Morgan fingerprint density at radius 1 is 1.48 bits per heavy atom. The first kappa shape index (κ1) is 15.7. The molecular formula is C17H21N3O3. The summed E-state index contributed by atoms with van der Waals surface area (Å²) in [6.07, 6.45) is 1.88. The van der Waals surface area contributed by atoms with Gasteiger partial charge in [0.15, 0.2) is 0 Å². The molecule has 0 spiro atoms. The average Bonchev–Trinajstić information content (AvgIpc) is 3.05. The number of rotatable bonds is 4. The van der Waals surface area contributed by atoms with Crippen LogP contribution in [-0.2, 0) is 9.53 Å². The molecule has 1 aromatic heterocycles. The minimum absolute atomic E-state index is 0.00984. The highest BCUT2D eigenvalue weighted by Crippen LogP contribution is 2.27. The summed E-state index contributed by atoms with van der Waals surface area (Å²) >= 11 is 0. The van der Waals surface area contributed by atoms with Gasteiger partial charge in [0.05, 0.1) is 5.92 Å². The molecule has 2 aromatic rings. The lowest BCUT2D eigenvalue weighted by molar-refractivity contribution is -0.136. The molecular weight excluding hydrogens is 294 g/mol. The highest BCUT2D eigenvalue weighted by atomic mass is 16.5. The number of benzene rings is 1.